The van der Waals surface area contributed by atoms with E-state index in [4.69, 9.17) is 10.5 Å². The Balaban J connectivity index is 1.81. The minimum absolute atomic E-state index is 0.0836. The standard InChI is InChI=1S/C14H20N3O2/c15-10-14(18)13-11-16-6-7-17(13)8-9-19-12-4-2-1-3-5-12/h1-2,4-5,13,16H,6-11,15H2. The van der Waals surface area contributed by atoms with E-state index < -0.39 is 0 Å². The fourth-order valence-corrected chi connectivity index (χ4v) is 2.21. The molecular formula is C14H20N3O2. The van der Waals surface area contributed by atoms with E-state index in [-0.39, 0.29) is 18.4 Å². The lowest BCUT2D eigenvalue weighted by Crippen LogP contribution is -2.57. The Labute approximate surface area is 113 Å². The number of nitrogens with zero attached hydrogens (tertiary/aromatic N) is 1. The fourth-order valence-electron chi connectivity index (χ4n) is 2.21. The van der Waals surface area contributed by atoms with Gasteiger partial charge in [-0.15, -0.1) is 0 Å². The summed E-state index contributed by atoms with van der Waals surface area (Å²) in [6.07, 6.45) is 0. The second-order valence-electron chi connectivity index (χ2n) is 4.51. The van der Waals surface area contributed by atoms with Crippen molar-refractivity contribution >= 4 is 5.78 Å². The first-order valence-electron chi connectivity index (χ1n) is 6.57. The SMILES string of the molecule is NCC(=O)C1CNCCN1CCOc1c[c]ccc1. The van der Waals surface area contributed by atoms with E-state index >= 15 is 0 Å². The van der Waals surface area contributed by atoms with Crippen LogP contribution in [-0.4, -0.2) is 56.1 Å². The van der Waals surface area contributed by atoms with Crippen molar-refractivity contribution < 1.29 is 9.53 Å². The van der Waals surface area contributed by atoms with Crippen LogP contribution >= 0.6 is 0 Å². The molecule has 1 aliphatic heterocycles. The van der Waals surface area contributed by atoms with Gasteiger partial charge in [-0.1, -0.05) is 12.1 Å². The number of Topliss-reactive ketones (excluding diaryl/α,β-unsaturated/α-hetero) is 1. The van der Waals surface area contributed by atoms with Crippen LogP contribution in [0.3, 0.4) is 0 Å². The number of piperazine rings is 1. The molecule has 0 amide bonds. The number of carbonyl (C=O) groups excluding carboxylic acids is 1. The Morgan fingerprint density at radius 3 is 3.26 bits per heavy atom. The predicted molar refractivity (Wildman–Crippen MR) is 73.1 cm³/mol. The number of benzene rings is 1. The van der Waals surface area contributed by atoms with E-state index in [2.05, 4.69) is 16.3 Å². The zero-order chi connectivity index (χ0) is 13.5. The average molecular weight is 262 g/mol. The topological polar surface area (TPSA) is 67.6 Å². The molecule has 1 radical (unpaired) electrons. The first-order valence-corrected chi connectivity index (χ1v) is 6.57. The largest absolute Gasteiger partial charge is 0.492 e. The van der Waals surface area contributed by atoms with Gasteiger partial charge in [0.2, 0.25) is 0 Å². The lowest BCUT2D eigenvalue weighted by atomic mass is 10.1. The molecule has 1 aromatic carbocycles. The highest BCUT2D eigenvalue weighted by atomic mass is 16.5. The van der Waals surface area contributed by atoms with Crippen LogP contribution in [0.4, 0.5) is 0 Å². The lowest BCUT2D eigenvalue weighted by Gasteiger charge is -2.34. The Morgan fingerprint density at radius 1 is 1.63 bits per heavy atom. The van der Waals surface area contributed by atoms with Gasteiger partial charge in [0.05, 0.1) is 12.6 Å². The number of ketones is 1. The molecule has 1 aromatic rings. The second kappa shape index (κ2) is 7.23. The van der Waals surface area contributed by atoms with Crippen molar-refractivity contribution in [3.63, 3.8) is 0 Å². The van der Waals surface area contributed by atoms with E-state index in [0.29, 0.717) is 13.2 Å². The van der Waals surface area contributed by atoms with E-state index in [1.54, 1.807) is 6.07 Å². The molecule has 0 aromatic heterocycles. The van der Waals surface area contributed by atoms with Crippen LogP contribution in [-0.2, 0) is 4.79 Å². The number of nitrogens with one attached hydrogen (secondary N) is 1. The summed E-state index contributed by atoms with van der Waals surface area (Å²) in [5.41, 5.74) is 5.45. The molecule has 1 unspecified atom stereocenters. The third kappa shape index (κ3) is 4.02. The minimum atomic E-state index is -0.121. The number of nitrogens with two attached hydrogens (primary N) is 1. The summed E-state index contributed by atoms with van der Waals surface area (Å²) in [5, 5.41) is 3.22. The summed E-state index contributed by atoms with van der Waals surface area (Å²) in [7, 11) is 0. The summed E-state index contributed by atoms with van der Waals surface area (Å²) < 4.78 is 5.63. The molecule has 0 saturated carbocycles. The molecule has 103 valence electrons. The van der Waals surface area contributed by atoms with E-state index in [1.807, 2.05) is 18.2 Å². The van der Waals surface area contributed by atoms with Crippen molar-refractivity contribution in [1.82, 2.24) is 10.2 Å². The molecular weight excluding hydrogens is 242 g/mol. The molecule has 5 nitrogen and oxygen atoms in total. The highest BCUT2D eigenvalue weighted by molar-refractivity contribution is 5.86. The van der Waals surface area contributed by atoms with Gasteiger partial charge in [0, 0.05) is 26.2 Å². The smallest absolute Gasteiger partial charge is 0.164 e. The molecule has 3 N–H and O–H groups in total. The van der Waals surface area contributed by atoms with Gasteiger partial charge in [0.1, 0.15) is 12.4 Å². The number of hydrogen-bond donors (Lipinski definition) is 2. The first-order chi connectivity index (χ1) is 9.31. The van der Waals surface area contributed by atoms with E-state index in [1.165, 1.54) is 0 Å². The molecule has 1 saturated heterocycles. The number of ether oxygens (including phenoxy) is 1. The predicted octanol–water partition coefficient (Wildman–Crippen LogP) is -0.333. The van der Waals surface area contributed by atoms with Gasteiger partial charge in [-0.25, -0.2) is 0 Å². The van der Waals surface area contributed by atoms with Crippen LogP contribution in [0.15, 0.2) is 24.3 Å². The number of hydrogen-bond acceptors (Lipinski definition) is 5. The monoisotopic (exact) mass is 262 g/mol. The quantitative estimate of drug-likeness (QED) is 0.734. The van der Waals surface area contributed by atoms with Crippen molar-refractivity contribution in [1.29, 1.82) is 0 Å². The molecule has 2 rings (SSSR count). The summed E-state index contributed by atoms with van der Waals surface area (Å²) in [5.74, 6) is 0.889. The molecule has 19 heavy (non-hydrogen) atoms. The summed E-state index contributed by atoms with van der Waals surface area (Å²) in [4.78, 5) is 13.9. The van der Waals surface area contributed by atoms with Gasteiger partial charge < -0.3 is 15.8 Å². The Morgan fingerprint density at radius 2 is 2.53 bits per heavy atom. The molecule has 1 atom stereocenters. The maximum atomic E-state index is 11.8. The van der Waals surface area contributed by atoms with Gasteiger partial charge in [-0.2, -0.15) is 0 Å². The molecule has 1 aliphatic rings. The molecule has 0 spiro atoms. The van der Waals surface area contributed by atoms with Crippen molar-refractivity contribution in [2.24, 2.45) is 5.73 Å². The molecule has 0 bridgehead atoms. The van der Waals surface area contributed by atoms with Crippen LogP contribution in [0.2, 0.25) is 0 Å². The zero-order valence-corrected chi connectivity index (χ0v) is 11.0. The first kappa shape index (κ1) is 14.0. The molecule has 5 heteroatoms. The number of rotatable bonds is 6. The third-order valence-electron chi connectivity index (χ3n) is 3.25. The van der Waals surface area contributed by atoms with Gasteiger partial charge in [0.15, 0.2) is 5.78 Å². The fraction of sp³-hybridized carbons (Fsp3) is 0.500. The van der Waals surface area contributed by atoms with Crippen molar-refractivity contribution in [2.45, 2.75) is 6.04 Å². The number of carbonyl (C=O) groups is 1. The molecule has 1 heterocycles. The maximum absolute atomic E-state index is 11.8. The van der Waals surface area contributed by atoms with Gasteiger partial charge in [-0.05, 0) is 18.2 Å². The van der Waals surface area contributed by atoms with Crippen LogP contribution in [0.5, 0.6) is 5.75 Å². The van der Waals surface area contributed by atoms with Gasteiger partial charge >= 0.3 is 0 Å². The molecule has 1 fully saturated rings. The Bertz CT molecular complexity index is 397. The van der Waals surface area contributed by atoms with Crippen LogP contribution in [0.1, 0.15) is 0 Å². The summed E-state index contributed by atoms with van der Waals surface area (Å²) in [6.45, 7) is 3.81. The highest BCUT2D eigenvalue weighted by Crippen LogP contribution is 2.09. The van der Waals surface area contributed by atoms with Crippen molar-refractivity contribution in [2.75, 3.05) is 39.3 Å². The zero-order valence-electron chi connectivity index (χ0n) is 11.0. The van der Waals surface area contributed by atoms with E-state index in [9.17, 15) is 4.79 Å². The van der Waals surface area contributed by atoms with Crippen LogP contribution in [0, 0.1) is 6.07 Å². The van der Waals surface area contributed by atoms with Crippen molar-refractivity contribution in [3.05, 3.63) is 30.3 Å². The Kier molecular flexibility index (Phi) is 5.32. The summed E-state index contributed by atoms with van der Waals surface area (Å²) >= 11 is 0. The van der Waals surface area contributed by atoms with Gasteiger partial charge in [0.25, 0.3) is 0 Å². The lowest BCUT2D eigenvalue weighted by molar-refractivity contribution is -0.123. The average Bonchev–Trinajstić information content (AvgIpc) is 2.48. The van der Waals surface area contributed by atoms with Crippen molar-refractivity contribution in [3.8, 4) is 5.75 Å². The van der Waals surface area contributed by atoms with Crippen LogP contribution in [0.25, 0.3) is 0 Å². The van der Waals surface area contributed by atoms with Gasteiger partial charge in [-0.3, -0.25) is 9.69 Å². The minimum Gasteiger partial charge on any atom is -0.492 e. The Hall–Kier alpha value is -1.43. The molecule has 0 aliphatic carbocycles. The normalized spacial score (nSPS) is 20.2. The maximum Gasteiger partial charge on any atom is 0.164 e. The summed E-state index contributed by atoms with van der Waals surface area (Å²) in [6, 6.07) is 10.3. The highest BCUT2D eigenvalue weighted by Gasteiger charge is 2.26. The third-order valence-corrected chi connectivity index (χ3v) is 3.25. The van der Waals surface area contributed by atoms with E-state index in [0.717, 1.165) is 25.4 Å². The second-order valence-corrected chi connectivity index (χ2v) is 4.51. The van der Waals surface area contributed by atoms with Crippen LogP contribution < -0.4 is 15.8 Å².